The number of amides is 15. The zero-order chi connectivity index (χ0) is 64.3. The Bertz CT molecular complexity index is 2390. The van der Waals surface area contributed by atoms with E-state index in [0.717, 1.165) is 0 Å². The van der Waals surface area contributed by atoms with E-state index < -0.39 is 185 Å². The lowest BCUT2D eigenvalue weighted by molar-refractivity contribution is -0.141. The number of hydrogen-bond acceptors (Lipinski definition) is 17. The van der Waals surface area contributed by atoms with Gasteiger partial charge in [-0.25, -0.2) is 0 Å². The minimum absolute atomic E-state index is 0.0774. The molecule has 15 amide bonds. The van der Waals surface area contributed by atoms with Gasteiger partial charge in [0.2, 0.25) is 88.6 Å². The number of carbonyl (C=O) groups is 16. The molecule has 0 heterocycles. The normalized spacial score (nSPS) is 16.2. The van der Waals surface area contributed by atoms with Crippen LogP contribution in [0.1, 0.15) is 123 Å². The Balaban J connectivity index is 5.17. The van der Waals surface area contributed by atoms with E-state index in [1.807, 2.05) is 0 Å². The molecule has 468 valence electrons. The van der Waals surface area contributed by atoms with Crippen LogP contribution in [0.3, 0.4) is 0 Å². The van der Waals surface area contributed by atoms with Crippen LogP contribution >= 0.6 is 0 Å². The maximum atomic E-state index is 13.3. The lowest BCUT2D eigenvalue weighted by Gasteiger charge is -2.25. The van der Waals surface area contributed by atoms with Crippen LogP contribution in [0.15, 0.2) is 0 Å². The van der Waals surface area contributed by atoms with Crippen LogP contribution in [0.5, 0.6) is 0 Å². The average Bonchev–Trinajstić information content (AvgIpc) is 3.39. The number of aliphatic carboxylic acids is 1. The number of rotatable bonds is 34. The third kappa shape index (κ3) is 27.7. The highest BCUT2D eigenvalue weighted by Gasteiger charge is 2.32. The van der Waals surface area contributed by atoms with Gasteiger partial charge in [-0.1, -0.05) is 0 Å². The quantitative estimate of drug-likeness (QED) is 0.0266. The summed E-state index contributed by atoms with van der Waals surface area (Å²) in [6, 6.07) is -18.1. The molecular weight excluding hydrogens is 1100 g/mol. The molecule has 0 unspecified atom stereocenters. The minimum Gasteiger partial charge on any atom is -0.480 e. The van der Waals surface area contributed by atoms with Crippen molar-refractivity contribution in [3.8, 4) is 0 Å². The number of nitrogens with one attached hydrogen (secondary N) is 15. The predicted octanol–water partition coefficient (Wildman–Crippen LogP) is -7.23. The summed E-state index contributed by atoms with van der Waals surface area (Å²) in [4.78, 5) is 202. The molecule has 0 aliphatic rings. The van der Waals surface area contributed by atoms with Crippen LogP contribution < -0.4 is 85.5 Å². The van der Waals surface area contributed by atoms with Crippen molar-refractivity contribution in [1.29, 1.82) is 0 Å². The van der Waals surface area contributed by atoms with Gasteiger partial charge in [0, 0.05) is 6.92 Å². The van der Waals surface area contributed by atoms with E-state index >= 15 is 0 Å². The highest BCUT2D eigenvalue weighted by atomic mass is 16.4. The van der Waals surface area contributed by atoms with Crippen molar-refractivity contribution >= 4 is 94.6 Å². The van der Waals surface area contributed by atoms with Gasteiger partial charge in [0.25, 0.3) is 0 Å². The Kier molecular flexibility index (Phi) is 32.3. The molecule has 0 fully saturated rings. The molecule has 15 atom stereocenters. The molecule has 0 aliphatic heterocycles. The van der Waals surface area contributed by atoms with Crippen LogP contribution in [0.25, 0.3) is 0 Å². The van der Waals surface area contributed by atoms with Gasteiger partial charge < -0.3 is 90.6 Å². The molecule has 0 aromatic heterocycles. The Morgan fingerprint density at radius 3 is 0.614 bits per heavy atom. The van der Waals surface area contributed by atoms with Crippen molar-refractivity contribution < 1.29 is 81.8 Å². The number of nitrogens with two attached hydrogens (primary N) is 1. The molecule has 18 N–H and O–H groups in total. The highest BCUT2D eigenvalue weighted by molar-refractivity contribution is 6.00. The predicted molar refractivity (Wildman–Crippen MR) is 295 cm³/mol. The van der Waals surface area contributed by atoms with Gasteiger partial charge in [0.15, 0.2) is 0 Å². The maximum Gasteiger partial charge on any atom is 0.325 e. The monoisotopic (exact) mass is 1180 g/mol. The second-order valence-electron chi connectivity index (χ2n) is 20.1. The van der Waals surface area contributed by atoms with Crippen LogP contribution in [0, 0.1) is 0 Å². The fourth-order valence-corrected chi connectivity index (χ4v) is 6.65. The van der Waals surface area contributed by atoms with E-state index in [0.29, 0.717) is 12.8 Å². The Morgan fingerprint density at radius 2 is 0.434 bits per heavy atom. The van der Waals surface area contributed by atoms with Gasteiger partial charge in [-0.2, -0.15) is 0 Å². The maximum absolute atomic E-state index is 13.3. The van der Waals surface area contributed by atoms with Crippen LogP contribution in [-0.2, 0) is 76.7 Å². The van der Waals surface area contributed by atoms with Gasteiger partial charge in [-0.05, 0) is 123 Å². The van der Waals surface area contributed by atoms with Gasteiger partial charge in [-0.3, -0.25) is 76.7 Å². The highest BCUT2D eigenvalue weighted by Crippen LogP contribution is 2.04. The van der Waals surface area contributed by atoms with Crippen molar-refractivity contribution in [2.45, 2.75) is 214 Å². The number of carboxylic acid groups (broad SMARTS) is 1. The summed E-state index contributed by atoms with van der Waals surface area (Å²) >= 11 is 0. The molecule has 0 saturated carbocycles. The fourth-order valence-electron chi connectivity index (χ4n) is 6.65. The summed E-state index contributed by atoms with van der Waals surface area (Å²) in [6.45, 7) is 19.8. The standard InChI is InChI=1S/C50H86N16O17/c1-20(52-34(15)67)36(68)53-21(2)37(69)54-22(3)38(70)55-23(4)39(71)56-24(5)40(72)57-25(6)41(73)58-26(7)42(74)59-27(8)43(75)60-28(9)44(76)61-29(10)45(77)63-32(13)48(80)66-35(18-16-17-19-51)49(81)64-31(12)46(78)62-30(11)47(79)65-33(14)50(82)83/h20-33,35H,16-19,51H2,1-15H3,(H,52,67)(H,53,68)(H,54,69)(H,55,70)(H,56,71)(H,57,72)(H,58,73)(H,59,74)(H,60,75)(H,61,76)(H,62,78)(H,63,77)(H,64,81)(H,65,79)(H,66,80)(H,82,83)/t20-,21-,22-,23-,24-,25-,26-,27-,28-,29-,30-,31-,32-,33-,35-/m0/s1. The summed E-state index contributed by atoms with van der Waals surface area (Å²) in [5, 5.41) is 44.8. The summed E-state index contributed by atoms with van der Waals surface area (Å²) in [7, 11) is 0. The first kappa shape index (κ1) is 74.5. The molecule has 0 spiro atoms. The lowest BCUT2D eigenvalue weighted by Crippen LogP contribution is -2.59. The fraction of sp³-hybridized carbons (Fsp3) is 0.680. The summed E-state index contributed by atoms with van der Waals surface area (Å²) < 4.78 is 0. The van der Waals surface area contributed by atoms with E-state index in [9.17, 15) is 76.7 Å². The molecular formula is C50H86N16O17. The Labute approximate surface area is 481 Å². The number of hydrogen-bond donors (Lipinski definition) is 17. The number of unbranched alkanes of at least 4 members (excludes halogenated alkanes) is 1. The zero-order valence-electron chi connectivity index (χ0n) is 49.5. The molecule has 0 aromatic carbocycles. The molecule has 33 nitrogen and oxygen atoms in total. The minimum atomic E-state index is -1.29. The zero-order valence-corrected chi connectivity index (χ0v) is 49.5. The van der Waals surface area contributed by atoms with E-state index in [2.05, 4.69) is 79.8 Å². The molecule has 0 saturated heterocycles. The van der Waals surface area contributed by atoms with Gasteiger partial charge in [0.1, 0.15) is 90.6 Å². The van der Waals surface area contributed by atoms with Crippen LogP contribution in [0.2, 0.25) is 0 Å². The SMILES string of the molecule is CC(=O)N[C@@H](C)C(=O)N[C@@H](C)C(=O)N[C@@H](C)C(=O)N[C@@H](C)C(=O)N[C@@H](C)C(=O)N[C@@H](C)C(=O)N[C@@H](C)C(=O)N[C@@H](C)C(=O)N[C@@H](C)C(=O)N[C@@H](C)C(=O)N[C@@H](C)C(=O)N[C@@H](CCCCN)C(=O)N[C@@H](C)C(=O)N[C@@H](C)C(=O)N[C@@H](C)C(=O)O. The number of carbonyl (C=O) groups excluding carboxylic acids is 15. The van der Waals surface area contributed by atoms with E-state index in [4.69, 9.17) is 10.8 Å². The van der Waals surface area contributed by atoms with Crippen molar-refractivity contribution in [2.24, 2.45) is 5.73 Å². The first-order valence-corrected chi connectivity index (χ1v) is 26.8. The molecule has 0 bridgehead atoms. The first-order valence-electron chi connectivity index (χ1n) is 26.8. The third-order valence-electron chi connectivity index (χ3n) is 12.1. The molecule has 0 aromatic rings. The van der Waals surface area contributed by atoms with E-state index in [1.165, 1.54) is 104 Å². The molecule has 0 aliphatic carbocycles. The van der Waals surface area contributed by atoms with Crippen molar-refractivity contribution in [3.63, 3.8) is 0 Å². The summed E-state index contributed by atoms with van der Waals surface area (Å²) in [6.07, 6.45) is 0.931. The molecule has 0 rings (SSSR count). The smallest absolute Gasteiger partial charge is 0.325 e. The van der Waals surface area contributed by atoms with Gasteiger partial charge >= 0.3 is 5.97 Å². The average molecular weight is 1180 g/mol. The molecule has 33 heteroatoms. The second-order valence-corrected chi connectivity index (χ2v) is 20.1. The van der Waals surface area contributed by atoms with Gasteiger partial charge in [-0.15, -0.1) is 0 Å². The van der Waals surface area contributed by atoms with E-state index in [1.54, 1.807) is 0 Å². The van der Waals surface area contributed by atoms with Crippen molar-refractivity contribution in [2.75, 3.05) is 6.54 Å². The van der Waals surface area contributed by atoms with Crippen molar-refractivity contribution in [3.05, 3.63) is 0 Å². The summed E-state index contributed by atoms with van der Waals surface area (Å²) in [5.74, 6) is -12.9. The van der Waals surface area contributed by atoms with E-state index in [-0.39, 0.29) is 13.0 Å². The van der Waals surface area contributed by atoms with Crippen LogP contribution in [0.4, 0.5) is 0 Å². The molecule has 0 radical (unpaired) electrons. The lowest BCUT2D eigenvalue weighted by atomic mass is 10.1. The van der Waals surface area contributed by atoms with Crippen LogP contribution in [-0.4, -0.2) is 197 Å². The Morgan fingerprint density at radius 1 is 0.265 bits per heavy atom. The second kappa shape index (κ2) is 36.0. The van der Waals surface area contributed by atoms with Crippen molar-refractivity contribution in [1.82, 2.24) is 79.8 Å². The first-order chi connectivity index (χ1) is 38.3. The summed E-state index contributed by atoms with van der Waals surface area (Å²) in [5.41, 5.74) is 5.59. The third-order valence-corrected chi connectivity index (χ3v) is 12.1. The largest absolute Gasteiger partial charge is 0.480 e. The number of carboxylic acids is 1. The van der Waals surface area contributed by atoms with Gasteiger partial charge in [0.05, 0.1) is 0 Å². The topological polar surface area (TPSA) is 500 Å². The Hall–Kier alpha value is -8.52. The molecule has 83 heavy (non-hydrogen) atoms.